The summed E-state index contributed by atoms with van der Waals surface area (Å²) in [5.74, 6) is -0.353. The van der Waals surface area contributed by atoms with Gasteiger partial charge in [0, 0.05) is 24.0 Å². The van der Waals surface area contributed by atoms with Crippen LogP contribution in [-0.2, 0) is 36.9 Å². The van der Waals surface area contributed by atoms with Crippen molar-refractivity contribution in [1.82, 2.24) is 24.9 Å². The van der Waals surface area contributed by atoms with Crippen LogP contribution in [0.2, 0.25) is 0 Å². The van der Waals surface area contributed by atoms with Crippen LogP contribution in [0.5, 0.6) is 0 Å². The van der Waals surface area contributed by atoms with E-state index < -0.39 is 11.9 Å². The fraction of sp³-hybridized carbons (Fsp3) is 0.562. The molecule has 1 aliphatic carbocycles. The molecule has 0 radical (unpaired) electrons. The van der Waals surface area contributed by atoms with Crippen LogP contribution in [-0.4, -0.2) is 32.0 Å². The average Bonchev–Trinajstić information content (AvgIpc) is 3.11. The monoisotopic (exact) mass is 355 g/mol. The second-order valence-corrected chi connectivity index (χ2v) is 6.21. The lowest BCUT2D eigenvalue weighted by Gasteiger charge is -2.14. The zero-order valence-corrected chi connectivity index (χ0v) is 13.9. The van der Waals surface area contributed by atoms with Gasteiger partial charge in [0.1, 0.15) is 6.54 Å². The van der Waals surface area contributed by atoms with Gasteiger partial charge in [0.05, 0.1) is 12.2 Å². The fourth-order valence-electron chi connectivity index (χ4n) is 3.12. The number of nitrogens with zero attached hydrogens (tertiary/aromatic N) is 4. The van der Waals surface area contributed by atoms with Gasteiger partial charge in [0.25, 0.3) is 0 Å². The average molecular weight is 355 g/mol. The Morgan fingerprint density at radius 3 is 2.72 bits per heavy atom. The molecule has 0 saturated carbocycles. The Bertz CT molecular complexity index is 762. The number of carbonyl (C=O) groups is 1. The Labute approximate surface area is 143 Å². The molecule has 6 nitrogen and oxygen atoms in total. The van der Waals surface area contributed by atoms with Gasteiger partial charge in [0.15, 0.2) is 5.69 Å². The van der Waals surface area contributed by atoms with Crippen LogP contribution >= 0.6 is 0 Å². The summed E-state index contributed by atoms with van der Waals surface area (Å²) in [5.41, 5.74) is 0.825. The minimum absolute atomic E-state index is 0.198. The molecule has 0 unspecified atom stereocenters. The molecule has 0 aliphatic heterocycles. The quantitative estimate of drug-likeness (QED) is 0.893. The molecule has 0 bridgehead atoms. The second-order valence-electron chi connectivity index (χ2n) is 6.21. The van der Waals surface area contributed by atoms with Crippen LogP contribution < -0.4 is 5.32 Å². The summed E-state index contributed by atoms with van der Waals surface area (Å²) >= 11 is 0. The fourth-order valence-corrected chi connectivity index (χ4v) is 3.12. The van der Waals surface area contributed by atoms with Gasteiger partial charge in [-0.2, -0.15) is 23.4 Å². The van der Waals surface area contributed by atoms with Crippen molar-refractivity contribution in [2.24, 2.45) is 0 Å². The second kappa shape index (κ2) is 6.89. The minimum Gasteiger partial charge on any atom is -0.353 e. The molecule has 1 N–H and O–H groups in total. The Hall–Kier alpha value is -2.32. The Kier molecular flexibility index (Phi) is 4.82. The summed E-state index contributed by atoms with van der Waals surface area (Å²) in [5, 5.41) is 10.6. The van der Waals surface area contributed by atoms with Crippen molar-refractivity contribution in [2.75, 3.05) is 6.54 Å². The van der Waals surface area contributed by atoms with E-state index in [4.69, 9.17) is 0 Å². The SMILES string of the molecule is Cc1ccn(CCNC(=O)Cn2nc(C(F)(F)F)c3c2CCCC3)n1. The van der Waals surface area contributed by atoms with E-state index in [-0.39, 0.29) is 18.0 Å². The maximum absolute atomic E-state index is 13.1. The molecule has 0 fully saturated rings. The molecular weight excluding hydrogens is 335 g/mol. The summed E-state index contributed by atoms with van der Waals surface area (Å²) in [6, 6.07) is 1.86. The van der Waals surface area contributed by atoms with Gasteiger partial charge in [-0.15, -0.1) is 0 Å². The molecule has 136 valence electrons. The van der Waals surface area contributed by atoms with Crippen molar-refractivity contribution >= 4 is 5.91 Å². The highest BCUT2D eigenvalue weighted by Gasteiger charge is 2.39. The lowest BCUT2D eigenvalue weighted by atomic mass is 9.95. The number of aryl methyl sites for hydroxylation is 1. The van der Waals surface area contributed by atoms with Crippen LogP contribution in [0.3, 0.4) is 0 Å². The molecule has 0 aromatic carbocycles. The van der Waals surface area contributed by atoms with E-state index in [1.807, 2.05) is 13.0 Å². The van der Waals surface area contributed by atoms with Crippen LogP contribution in [0.4, 0.5) is 13.2 Å². The third-order valence-corrected chi connectivity index (χ3v) is 4.26. The van der Waals surface area contributed by atoms with E-state index in [2.05, 4.69) is 15.5 Å². The number of fused-ring (bicyclic) bond motifs is 1. The third-order valence-electron chi connectivity index (χ3n) is 4.26. The van der Waals surface area contributed by atoms with Crippen molar-refractivity contribution in [3.63, 3.8) is 0 Å². The number of rotatable bonds is 5. The maximum atomic E-state index is 13.1. The summed E-state index contributed by atoms with van der Waals surface area (Å²) in [4.78, 5) is 12.1. The number of alkyl halides is 3. The number of halogens is 3. The number of aromatic nitrogens is 4. The van der Waals surface area contributed by atoms with Gasteiger partial charge in [-0.3, -0.25) is 14.2 Å². The number of amides is 1. The number of hydrogen-bond acceptors (Lipinski definition) is 3. The standard InChI is InChI=1S/C16H20F3N5O/c1-11-6-8-23(21-11)9-7-20-14(25)10-24-13-5-3-2-4-12(13)15(22-24)16(17,18)19/h6,8H,2-5,7,9-10H2,1H3,(H,20,25). The highest BCUT2D eigenvalue weighted by atomic mass is 19.4. The molecule has 25 heavy (non-hydrogen) atoms. The molecule has 9 heteroatoms. The zero-order chi connectivity index (χ0) is 18.0. The molecule has 1 amide bonds. The first kappa shape index (κ1) is 17.5. The van der Waals surface area contributed by atoms with Crippen molar-refractivity contribution in [1.29, 1.82) is 0 Å². The molecule has 0 saturated heterocycles. The van der Waals surface area contributed by atoms with Gasteiger partial charge in [-0.1, -0.05) is 0 Å². The molecular formula is C16H20F3N5O. The molecule has 1 aliphatic rings. The van der Waals surface area contributed by atoms with E-state index in [0.29, 0.717) is 31.6 Å². The third kappa shape index (κ3) is 4.02. The Balaban J connectivity index is 1.64. The van der Waals surface area contributed by atoms with Crippen LogP contribution in [0.25, 0.3) is 0 Å². The lowest BCUT2D eigenvalue weighted by molar-refractivity contribution is -0.142. The first-order valence-electron chi connectivity index (χ1n) is 8.27. The van der Waals surface area contributed by atoms with Gasteiger partial charge < -0.3 is 5.32 Å². The van der Waals surface area contributed by atoms with Crippen LogP contribution in [0.15, 0.2) is 12.3 Å². The van der Waals surface area contributed by atoms with E-state index in [9.17, 15) is 18.0 Å². The lowest BCUT2D eigenvalue weighted by Crippen LogP contribution is -2.31. The van der Waals surface area contributed by atoms with Crippen molar-refractivity contribution < 1.29 is 18.0 Å². The topological polar surface area (TPSA) is 64.7 Å². The van der Waals surface area contributed by atoms with Crippen molar-refractivity contribution in [3.8, 4) is 0 Å². The summed E-state index contributed by atoms with van der Waals surface area (Å²) in [7, 11) is 0. The largest absolute Gasteiger partial charge is 0.435 e. The van der Waals surface area contributed by atoms with Crippen LogP contribution in [0, 0.1) is 6.92 Å². The van der Waals surface area contributed by atoms with E-state index in [1.165, 1.54) is 4.68 Å². The number of carbonyl (C=O) groups excluding carboxylic acids is 1. The molecule has 3 rings (SSSR count). The molecule has 2 heterocycles. The molecule has 0 atom stereocenters. The molecule has 0 spiro atoms. The summed E-state index contributed by atoms with van der Waals surface area (Å²) in [6.45, 7) is 2.53. The predicted molar refractivity (Wildman–Crippen MR) is 83.8 cm³/mol. The number of hydrogen-bond donors (Lipinski definition) is 1. The molecule has 2 aromatic rings. The van der Waals surface area contributed by atoms with E-state index >= 15 is 0 Å². The Morgan fingerprint density at radius 2 is 2.04 bits per heavy atom. The van der Waals surface area contributed by atoms with Gasteiger partial charge >= 0.3 is 6.18 Å². The smallest absolute Gasteiger partial charge is 0.353 e. The Morgan fingerprint density at radius 1 is 1.28 bits per heavy atom. The zero-order valence-electron chi connectivity index (χ0n) is 13.9. The highest BCUT2D eigenvalue weighted by molar-refractivity contribution is 5.75. The van der Waals surface area contributed by atoms with Crippen molar-refractivity contribution in [3.05, 3.63) is 34.9 Å². The van der Waals surface area contributed by atoms with Crippen LogP contribution in [0.1, 0.15) is 35.5 Å². The summed E-state index contributed by atoms with van der Waals surface area (Å²) < 4.78 is 42.3. The maximum Gasteiger partial charge on any atom is 0.435 e. The normalized spacial score (nSPS) is 14.4. The minimum atomic E-state index is -4.49. The van der Waals surface area contributed by atoms with Gasteiger partial charge in [-0.25, -0.2) is 0 Å². The molecule has 2 aromatic heterocycles. The van der Waals surface area contributed by atoms with E-state index in [0.717, 1.165) is 18.5 Å². The predicted octanol–water partition coefficient (Wildman–Crippen LogP) is 2.10. The first-order valence-corrected chi connectivity index (χ1v) is 8.27. The summed E-state index contributed by atoms with van der Waals surface area (Å²) in [6.07, 6.45) is -0.252. The van der Waals surface area contributed by atoms with Crippen molar-refractivity contribution in [2.45, 2.75) is 51.9 Å². The highest BCUT2D eigenvalue weighted by Crippen LogP contribution is 2.35. The van der Waals surface area contributed by atoms with Gasteiger partial charge in [-0.05, 0) is 38.7 Å². The first-order chi connectivity index (χ1) is 11.8. The number of nitrogens with one attached hydrogen (secondary N) is 1. The van der Waals surface area contributed by atoms with Gasteiger partial charge in [0.2, 0.25) is 5.91 Å². The van der Waals surface area contributed by atoms with E-state index in [1.54, 1.807) is 10.9 Å².